The van der Waals surface area contributed by atoms with E-state index in [-0.39, 0.29) is 5.56 Å². The van der Waals surface area contributed by atoms with E-state index in [9.17, 15) is 4.79 Å². The van der Waals surface area contributed by atoms with Crippen molar-refractivity contribution < 1.29 is 0 Å². The zero-order valence-corrected chi connectivity index (χ0v) is 13.0. The Morgan fingerprint density at radius 1 is 1.35 bits per heavy atom. The van der Waals surface area contributed by atoms with Crippen LogP contribution < -0.4 is 5.56 Å². The van der Waals surface area contributed by atoms with Gasteiger partial charge in [0, 0.05) is 18.7 Å². The smallest absolute Gasteiger partial charge is 0.268 e. The highest BCUT2D eigenvalue weighted by Crippen LogP contribution is 2.28. The predicted molar refractivity (Wildman–Crippen MR) is 84.9 cm³/mol. The molecule has 0 atom stereocenters. The van der Waals surface area contributed by atoms with E-state index in [0.29, 0.717) is 6.54 Å². The van der Waals surface area contributed by atoms with Gasteiger partial charge in [-0.15, -0.1) is 11.8 Å². The number of rotatable bonds is 4. The minimum Gasteiger partial charge on any atom is -0.286 e. The third kappa shape index (κ3) is 2.65. The predicted octanol–water partition coefficient (Wildman–Crippen LogP) is 2.86. The van der Waals surface area contributed by atoms with Crippen molar-refractivity contribution in [3.8, 4) is 0 Å². The topological polar surface area (TPSA) is 34.9 Å². The zero-order chi connectivity index (χ0) is 13.9. The van der Waals surface area contributed by atoms with Crippen LogP contribution in [0.5, 0.6) is 0 Å². The molecular weight excluding hydrogens is 288 g/mol. The summed E-state index contributed by atoms with van der Waals surface area (Å²) in [7, 11) is 0. The largest absolute Gasteiger partial charge is 0.286 e. The Balaban J connectivity index is 1.91. The van der Waals surface area contributed by atoms with Gasteiger partial charge >= 0.3 is 0 Å². The Bertz CT molecular complexity index is 668. The molecule has 1 aromatic heterocycles. The molecule has 5 heteroatoms. The van der Waals surface area contributed by atoms with Crippen LogP contribution >= 0.6 is 23.5 Å². The molecule has 0 radical (unpaired) electrons. The van der Waals surface area contributed by atoms with Crippen LogP contribution in [-0.4, -0.2) is 21.6 Å². The van der Waals surface area contributed by atoms with Crippen LogP contribution in [0.4, 0.5) is 0 Å². The SMILES string of the molecule is CSc1nc2c(c(=O)n1CCc1ccccc1)SCC2. The number of thioether (sulfide) groups is 2. The van der Waals surface area contributed by atoms with Gasteiger partial charge in [0.05, 0.1) is 10.6 Å². The van der Waals surface area contributed by atoms with Crippen LogP contribution in [0.3, 0.4) is 0 Å². The number of benzene rings is 1. The maximum atomic E-state index is 12.6. The summed E-state index contributed by atoms with van der Waals surface area (Å²) in [5, 5.41) is 0.840. The second-order valence-electron chi connectivity index (χ2n) is 4.67. The fourth-order valence-corrected chi connectivity index (χ4v) is 4.01. The van der Waals surface area contributed by atoms with Crippen molar-refractivity contribution >= 4 is 23.5 Å². The van der Waals surface area contributed by atoms with Gasteiger partial charge in [0.25, 0.3) is 5.56 Å². The average molecular weight is 304 g/mol. The van der Waals surface area contributed by atoms with Gasteiger partial charge in [0.15, 0.2) is 5.16 Å². The van der Waals surface area contributed by atoms with Crippen LogP contribution in [0, 0.1) is 0 Å². The maximum Gasteiger partial charge on any atom is 0.268 e. The summed E-state index contributed by atoms with van der Waals surface area (Å²) in [6, 6.07) is 10.3. The fourth-order valence-electron chi connectivity index (χ4n) is 2.36. The quantitative estimate of drug-likeness (QED) is 0.643. The van der Waals surface area contributed by atoms with Crippen molar-refractivity contribution in [2.24, 2.45) is 0 Å². The molecule has 0 N–H and O–H groups in total. The lowest BCUT2D eigenvalue weighted by molar-refractivity contribution is 0.566. The van der Waals surface area contributed by atoms with E-state index in [2.05, 4.69) is 17.1 Å². The highest BCUT2D eigenvalue weighted by Gasteiger charge is 2.20. The molecule has 2 aromatic rings. The summed E-state index contributed by atoms with van der Waals surface area (Å²) >= 11 is 3.20. The lowest BCUT2D eigenvalue weighted by Gasteiger charge is -2.12. The molecule has 0 amide bonds. The third-order valence-corrected chi connectivity index (χ3v) is 5.18. The molecule has 0 saturated heterocycles. The van der Waals surface area contributed by atoms with Gasteiger partial charge in [0.1, 0.15) is 0 Å². The minimum absolute atomic E-state index is 0.137. The van der Waals surface area contributed by atoms with Gasteiger partial charge in [0.2, 0.25) is 0 Å². The summed E-state index contributed by atoms with van der Waals surface area (Å²) < 4.78 is 1.83. The van der Waals surface area contributed by atoms with Crippen molar-refractivity contribution in [1.29, 1.82) is 0 Å². The van der Waals surface area contributed by atoms with Gasteiger partial charge in [-0.25, -0.2) is 4.98 Å². The number of hydrogen-bond acceptors (Lipinski definition) is 4. The van der Waals surface area contributed by atoms with Crippen molar-refractivity contribution in [1.82, 2.24) is 9.55 Å². The van der Waals surface area contributed by atoms with Gasteiger partial charge in [-0.05, 0) is 18.2 Å². The molecule has 0 spiro atoms. The molecule has 0 fully saturated rings. The summed E-state index contributed by atoms with van der Waals surface area (Å²) in [5.41, 5.74) is 2.37. The Kier molecular flexibility index (Phi) is 4.17. The van der Waals surface area contributed by atoms with Crippen LogP contribution in [0.2, 0.25) is 0 Å². The minimum atomic E-state index is 0.137. The molecular formula is C15H16N2OS2. The molecule has 2 heterocycles. The third-order valence-electron chi connectivity index (χ3n) is 3.40. The van der Waals surface area contributed by atoms with Crippen molar-refractivity contribution in [2.75, 3.05) is 12.0 Å². The zero-order valence-electron chi connectivity index (χ0n) is 11.3. The van der Waals surface area contributed by atoms with E-state index < -0.39 is 0 Å². The highest BCUT2D eigenvalue weighted by atomic mass is 32.2. The van der Waals surface area contributed by atoms with E-state index in [4.69, 9.17) is 0 Å². The molecule has 104 valence electrons. The first-order valence-corrected chi connectivity index (χ1v) is 8.85. The number of aromatic nitrogens is 2. The maximum absolute atomic E-state index is 12.6. The van der Waals surface area contributed by atoms with Crippen molar-refractivity contribution in [3.63, 3.8) is 0 Å². The standard InChI is InChI=1S/C15H16N2OS2/c1-19-15-16-12-8-10-20-13(12)14(18)17(15)9-7-11-5-3-2-4-6-11/h2-6H,7-10H2,1H3. The van der Waals surface area contributed by atoms with Crippen LogP contribution in [0.15, 0.2) is 45.2 Å². The average Bonchev–Trinajstić information content (AvgIpc) is 2.95. The molecule has 20 heavy (non-hydrogen) atoms. The highest BCUT2D eigenvalue weighted by molar-refractivity contribution is 7.99. The lowest BCUT2D eigenvalue weighted by Crippen LogP contribution is -2.26. The first-order valence-electron chi connectivity index (χ1n) is 6.64. The van der Waals surface area contributed by atoms with Gasteiger partial charge in [-0.2, -0.15) is 0 Å². The summed E-state index contributed by atoms with van der Waals surface area (Å²) in [6.07, 6.45) is 3.76. The van der Waals surface area contributed by atoms with Gasteiger partial charge in [-0.3, -0.25) is 9.36 Å². The molecule has 0 aliphatic carbocycles. The molecule has 1 aliphatic heterocycles. The van der Waals surface area contributed by atoms with Crippen molar-refractivity contribution in [3.05, 3.63) is 51.9 Å². The molecule has 3 nitrogen and oxygen atoms in total. The molecule has 0 bridgehead atoms. The molecule has 0 unspecified atom stereocenters. The number of nitrogens with zero attached hydrogens (tertiary/aromatic N) is 2. The summed E-state index contributed by atoms with van der Waals surface area (Å²) in [6.45, 7) is 0.694. The van der Waals surface area contributed by atoms with E-state index in [0.717, 1.165) is 34.3 Å². The second-order valence-corrected chi connectivity index (χ2v) is 6.54. The summed E-state index contributed by atoms with van der Waals surface area (Å²) in [4.78, 5) is 18.1. The monoisotopic (exact) mass is 304 g/mol. The van der Waals surface area contributed by atoms with E-state index >= 15 is 0 Å². The molecule has 1 aliphatic rings. The Morgan fingerprint density at radius 3 is 2.90 bits per heavy atom. The number of aryl methyl sites for hydroxylation is 2. The molecule has 0 saturated carbocycles. The Labute approximate surface area is 126 Å². The van der Waals surface area contributed by atoms with Crippen LogP contribution in [0.25, 0.3) is 0 Å². The number of fused-ring (bicyclic) bond motifs is 1. The van der Waals surface area contributed by atoms with E-state index in [1.165, 1.54) is 5.56 Å². The Morgan fingerprint density at radius 2 is 2.15 bits per heavy atom. The second kappa shape index (κ2) is 6.06. The van der Waals surface area contributed by atoms with Gasteiger partial charge in [-0.1, -0.05) is 42.1 Å². The van der Waals surface area contributed by atoms with E-state index in [1.54, 1.807) is 23.5 Å². The summed E-state index contributed by atoms with van der Waals surface area (Å²) in [5.74, 6) is 0.980. The molecule has 1 aromatic carbocycles. The van der Waals surface area contributed by atoms with Gasteiger partial charge < -0.3 is 0 Å². The first kappa shape index (κ1) is 13.8. The van der Waals surface area contributed by atoms with Crippen molar-refractivity contribution in [2.45, 2.75) is 29.4 Å². The Hall–Kier alpha value is -1.20. The fraction of sp³-hybridized carbons (Fsp3) is 0.333. The van der Waals surface area contributed by atoms with Crippen LogP contribution in [0.1, 0.15) is 11.3 Å². The first-order chi connectivity index (χ1) is 9.79. The van der Waals surface area contributed by atoms with E-state index in [1.807, 2.05) is 29.0 Å². The molecule has 3 rings (SSSR count). The number of hydrogen-bond donors (Lipinski definition) is 0. The van der Waals surface area contributed by atoms with Crippen LogP contribution in [-0.2, 0) is 19.4 Å². The lowest BCUT2D eigenvalue weighted by atomic mass is 10.1. The normalized spacial score (nSPS) is 13.4.